The Labute approximate surface area is 178 Å². The molecule has 0 aromatic heterocycles. The average Bonchev–Trinajstić information content (AvgIpc) is 2.66. The molecule has 0 fully saturated rings. The normalized spacial score (nSPS) is 12.5. The Morgan fingerprint density at radius 2 is 1.75 bits per heavy atom. The van der Waals surface area contributed by atoms with Crippen molar-refractivity contribution in [3.63, 3.8) is 0 Å². The molecule has 1 atom stereocenters. The summed E-state index contributed by atoms with van der Waals surface area (Å²) in [6.45, 7) is 9.12. The summed E-state index contributed by atoms with van der Waals surface area (Å²) in [5.74, 6) is 2.42. The predicted molar refractivity (Wildman–Crippen MR) is 120 cm³/mol. The van der Waals surface area contributed by atoms with Crippen molar-refractivity contribution in [2.75, 3.05) is 12.3 Å². The van der Waals surface area contributed by atoms with E-state index in [1.165, 1.54) is 11.1 Å². The van der Waals surface area contributed by atoms with E-state index in [0.717, 1.165) is 22.3 Å². The molecule has 5 heteroatoms. The Bertz CT molecular complexity index is 739. The molecular formula is C23H30ClNO2S. The van der Waals surface area contributed by atoms with Crippen molar-refractivity contribution in [2.24, 2.45) is 0 Å². The summed E-state index contributed by atoms with van der Waals surface area (Å²) in [7, 11) is 0. The Kier molecular flexibility index (Phi) is 8.71. The minimum atomic E-state index is -0.471. The van der Waals surface area contributed by atoms with Gasteiger partial charge in [0.2, 0.25) is 0 Å². The van der Waals surface area contributed by atoms with Gasteiger partial charge in [-0.05, 0) is 47.2 Å². The third-order valence-electron chi connectivity index (χ3n) is 4.39. The molecule has 0 heterocycles. The van der Waals surface area contributed by atoms with Gasteiger partial charge >= 0.3 is 0 Å². The number of benzene rings is 2. The summed E-state index contributed by atoms with van der Waals surface area (Å²) in [5.41, 5.74) is 2.58. The maximum absolute atomic E-state index is 12.4. The summed E-state index contributed by atoms with van der Waals surface area (Å²) in [5, 5.41) is 3.73. The van der Waals surface area contributed by atoms with E-state index in [9.17, 15) is 4.79 Å². The summed E-state index contributed by atoms with van der Waals surface area (Å²) >= 11 is 7.68. The highest BCUT2D eigenvalue weighted by molar-refractivity contribution is 7.98. The number of thioether (sulfide) groups is 1. The Morgan fingerprint density at radius 3 is 2.32 bits per heavy atom. The van der Waals surface area contributed by atoms with Gasteiger partial charge in [-0.25, -0.2) is 0 Å². The van der Waals surface area contributed by atoms with Crippen molar-refractivity contribution in [3.05, 3.63) is 64.7 Å². The standard InChI is InChI=1S/C23H30ClNO2S/c1-5-21(27-20-12-8-18(9-13-20)23(2,3)4)22(26)25-14-15-28-16-17-6-10-19(24)11-7-17/h6-13,21H,5,14-16H2,1-4H3,(H,25,26)/t21-/m1/s1. The second kappa shape index (κ2) is 10.8. The van der Waals surface area contributed by atoms with Gasteiger partial charge in [0.1, 0.15) is 5.75 Å². The number of carbonyl (C=O) groups is 1. The van der Waals surface area contributed by atoms with Crippen LogP contribution in [0.1, 0.15) is 45.2 Å². The van der Waals surface area contributed by atoms with Crippen molar-refractivity contribution < 1.29 is 9.53 Å². The summed E-state index contributed by atoms with van der Waals surface area (Å²) in [4.78, 5) is 12.4. The van der Waals surface area contributed by atoms with E-state index in [0.29, 0.717) is 13.0 Å². The van der Waals surface area contributed by atoms with E-state index < -0.39 is 6.10 Å². The highest BCUT2D eigenvalue weighted by Gasteiger charge is 2.18. The number of hydrogen-bond donors (Lipinski definition) is 1. The maximum Gasteiger partial charge on any atom is 0.261 e. The molecule has 28 heavy (non-hydrogen) atoms. The molecule has 0 radical (unpaired) electrons. The lowest BCUT2D eigenvalue weighted by Gasteiger charge is -2.21. The van der Waals surface area contributed by atoms with Crippen LogP contribution >= 0.6 is 23.4 Å². The van der Waals surface area contributed by atoms with Gasteiger partial charge in [-0.15, -0.1) is 0 Å². The molecule has 2 rings (SSSR count). The van der Waals surface area contributed by atoms with Crippen LogP contribution in [-0.4, -0.2) is 24.3 Å². The van der Waals surface area contributed by atoms with Gasteiger partial charge in [-0.3, -0.25) is 4.79 Å². The third kappa shape index (κ3) is 7.40. The molecule has 0 aliphatic rings. The molecule has 1 N–H and O–H groups in total. The van der Waals surface area contributed by atoms with Crippen LogP contribution in [0.3, 0.4) is 0 Å². The largest absolute Gasteiger partial charge is 0.481 e. The fourth-order valence-corrected chi connectivity index (χ4v) is 3.60. The first-order chi connectivity index (χ1) is 13.3. The molecular weight excluding hydrogens is 390 g/mol. The van der Waals surface area contributed by atoms with Crippen molar-refractivity contribution in [1.82, 2.24) is 5.32 Å². The third-order valence-corrected chi connectivity index (χ3v) is 5.67. The molecule has 3 nitrogen and oxygen atoms in total. The smallest absolute Gasteiger partial charge is 0.261 e. The fourth-order valence-electron chi connectivity index (χ4n) is 2.65. The first-order valence-electron chi connectivity index (χ1n) is 9.66. The summed E-state index contributed by atoms with van der Waals surface area (Å²) in [6, 6.07) is 15.9. The fraction of sp³-hybridized carbons (Fsp3) is 0.435. The summed E-state index contributed by atoms with van der Waals surface area (Å²) in [6.07, 6.45) is 0.159. The van der Waals surface area contributed by atoms with Gasteiger partial charge in [-0.1, -0.05) is 63.6 Å². The summed E-state index contributed by atoms with van der Waals surface area (Å²) < 4.78 is 5.90. The molecule has 2 aromatic rings. The van der Waals surface area contributed by atoms with Crippen LogP contribution in [0.2, 0.25) is 5.02 Å². The zero-order valence-electron chi connectivity index (χ0n) is 17.1. The maximum atomic E-state index is 12.4. The van der Waals surface area contributed by atoms with E-state index in [2.05, 4.69) is 38.2 Å². The van der Waals surface area contributed by atoms with E-state index in [1.54, 1.807) is 11.8 Å². The molecule has 0 saturated carbocycles. The minimum absolute atomic E-state index is 0.0607. The molecule has 0 spiro atoms. The first-order valence-corrected chi connectivity index (χ1v) is 11.2. The minimum Gasteiger partial charge on any atom is -0.481 e. The Balaban J connectivity index is 1.74. The average molecular weight is 420 g/mol. The highest BCUT2D eigenvalue weighted by atomic mass is 35.5. The van der Waals surface area contributed by atoms with E-state index >= 15 is 0 Å². The Morgan fingerprint density at radius 1 is 1.11 bits per heavy atom. The number of carbonyl (C=O) groups excluding carboxylic acids is 1. The van der Waals surface area contributed by atoms with Crippen LogP contribution in [0.25, 0.3) is 0 Å². The monoisotopic (exact) mass is 419 g/mol. The predicted octanol–water partition coefficient (Wildman–Crippen LogP) is 5.84. The van der Waals surface area contributed by atoms with E-state index in [4.69, 9.17) is 16.3 Å². The van der Waals surface area contributed by atoms with Crippen molar-refractivity contribution in [2.45, 2.75) is 51.4 Å². The van der Waals surface area contributed by atoms with E-state index in [1.807, 2.05) is 43.3 Å². The molecule has 0 aliphatic heterocycles. The van der Waals surface area contributed by atoms with Crippen LogP contribution in [0.15, 0.2) is 48.5 Å². The number of rotatable bonds is 9. The van der Waals surface area contributed by atoms with Gasteiger partial charge in [0, 0.05) is 23.1 Å². The van der Waals surface area contributed by atoms with Crippen LogP contribution in [0, 0.1) is 0 Å². The van der Waals surface area contributed by atoms with E-state index in [-0.39, 0.29) is 11.3 Å². The van der Waals surface area contributed by atoms with Crippen molar-refractivity contribution in [3.8, 4) is 5.75 Å². The van der Waals surface area contributed by atoms with Gasteiger partial charge < -0.3 is 10.1 Å². The zero-order valence-corrected chi connectivity index (χ0v) is 18.7. The lowest BCUT2D eigenvalue weighted by Crippen LogP contribution is -2.39. The molecule has 0 bridgehead atoms. The van der Waals surface area contributed by atoms with Gasteiger partial charge in [0.25, 0.3) is 5.91 Å². The van der Waals surface area contributed by atoms with Crippen LogP contribution in [-0.2, 0) is 16.0 Å². The van der Waals surface area contributed by atoms with Gasteiger partial charge in [0.15, 0.2) is 6.10 Å². The van der Waals surface area contributed by atoms with Crippen LogP contribution < -0.4 is 10.1 Å². The number of nitrogens with one attached hydrogen (secondary N) is 1. The van der Waals surface area contributed by atoms with Gasteiger partial charge in [0.05, 0.1) is 0 Å². The second-order valence-corrected chi connectivity index (χ2v) is 9.30. The number of ether oxygens (including phenoxy) is 1. The number of halogens is 1. The molecule has 152 valence electrons. The van der Waals surface area contributed by atoms with Gasteiger partial charge in [-0.2, -0.15) is 11.8 Å². The van der Waals surface area contributed by atoms with Crippen molar-refractivity contribution >= 4 is 29.3 Å². The van der Waals surface area contributed by atoms with Crippen LogP contribution in [0.4, 0.5) is 0 Å². The molecule has 2 aromatic carbocycles. The first kappa shape index (κ1) is 22.6. The molecule has 0 aliphatic carbocycles. The molecule has 0 saturated heterocycles. The Hall–Kier alpha value is -1.65. The topological polar surface area (TPSA) is 38.3 Å². The SMILES string of the molecule is CC[C@@H](Oc1ccc(C(C)(C)C)cc1)C(=O)NCCSCc1ccc(Cl)cc1. The second-order valence-electron chi connectivity index (χ2n) is 7.76. The zero-order chi connectivity index (χ0) is 20.6. The number of hydrogen-bond acceptors (Lipinski definition) is 3. The molecule has 1 amide bonds. The lowest BCUT2D eigenvalue weighted by molar-refractivity contribution is -0.127. The van der Waals surface area contributed by atoms with Crippen LogP contribution in [0.5, 0.6) is 5.75 Å². The quantitative estimate of drug-likeness (QED) is 0.518. The lowest BCUT2D eigenvalue weighted by atomic mass is 9.87. The molecule has 0 unspecified atom stereocenters. The van der Waals surface area contributed by atoms with Crippen molar-refractivity contribution in [1.29, 1.82) is 0 Å². The number of amides is 1. The highest BCUT2D eigenvalue weighted by Crippen LogP contribution is 2.25.